The highest BCUT2D eigenvalue weighted by Gasteiger charge is 2.22. The molecule has 2 aromatic rings. The van der Waals surface area contributed by atoms with Crippen LogP contribution in [0.2, 0.25) is 0 Å². The molecular formula is C20H27N3O3S. The lowest BCUT2D eigenvalue weighted by Gasteiger charge is -2.19. The Hall–Kier alpha value is -1.96. The van der Waals surface area contributed by atoms with E-state index in [0.29, 0.717) is 17.3 Å². The number of aromatic nitrogens is 1. The first-order chi connectivity index (χ1) is 12.9. The summed E-state index contributed by atoms with van der Waals surface area (Å²) in [6, 6.07) is 8.83. The maximum Gasteiger partial charge on any atom is 0.242 e. The van der Waals surface area contributed by atoms with Gasteiger partial charge in [-0.3, -0.25) is 0 Å². The molecule has 1 unspecified atom stereocenters. The van der Waals surface area contributed by atoms with Gasteiger partial charge in [0.1, 0.15) is 5.82 Å². The van der Waals surface area contributed by atoms with Crippen molar-refractivity contribution in [3.8, 4) is 11.1 Å². The van der Waals surface area contributed by atoms with Gasteiger partial charge in [0.05, 0.1) is 11.0 Å². The van der Waals surface area contributed by atoms with E-state index in [0.717, 1.165) is 49.0 Å². The van der Waals surface area contributed by atoms with Crippen LogP contribution in [0.15, 0.2) is 41.4 Å². The van der Waals surface area contributed by atoms with E-state index >= 15 is 0 Å². The fraction of sp³-hybridized carbons (Fsp3) is 0.450. The average Bonchev–Trinajstić information content (AvgIpc) is 3.16. The van der Waals surface area contributed by atoms with Crippen LogP contribution in [-0.2, 0) is 14.8 Å². The third-order valence-electron chi connectivity index (χ3n) is 5.03. The Morgan fingerprint density at radius 1 is 1.30 bits per heavy atom. The highest BCUT2D eigenvalue weighted by Crippen LogP contribution is 2.27. The second kappa shape index (κ2) is 8.37. The van der Waals surface area contributed by atoms with Crippen molar-refractivity contribution >= 4 is 15.8 Å². The van der Waals surface area contributed by atoms with E-state index in [4.69, 9.17) is 10.5 Å². The minimum absolute atomic E-state index is 0.288. The molecule has 7 heteroatoms. The van der Waals surface area contributed by atoms with E-state index in [1.165, 1.54) is 4.31 Å². The maximum atomic E-state index is 12.9. The van der Waals surface area contributed by atoms with E-state index in [1.807, 2.05) is 19.1 Å². The number of benzene rings is 1. The number of nitrogens with two attached hydrogens (primary N) is 1. The van der Waals surface area contributed by atoms with Gasteiger partial charge in [-0.15, -0.1) is 0 Å². The topological polar surface area (TPSA) is 85.5 Å². The van der Waals surface area contributed by atoms with Gasteiger partial charge in [-0.2, -0.15) is 0 Å². The van der Waals surface area contributed by atoms with Gasteiger partial charge in [0.2, 0.25) is 10.0 Å². The van der Waals surface area contributed by atoms with Crippen molar-refractivity contribution in [2.24, 2.45) is 0 Å². The van der Waals surface area contributed by atoms with Crippen LogP contribution < -0.4 is 5.73 Å². The molecule has 1 aromatic heterocycles. The number of ether oxygens (including phenoxy) is 1. The lowest BCUT2D eigenvalue weighted by molar-refractivity contribution is 0.101. The molecule has 6 nitrogen and oxygen atoms in total. The number of hydrogen-bond donors (Lipinski definition) is 1. The van der Waals surface area contributed by atoms with Gasteiger partial charge in [-0.25, -0.2) is 17.7 Å². The molecule has 0 aliphatic carbocycles. The summed E-state index contributed by atoms with van der Waals surface area (Å²) in [5.41, 5.74) is 8.38. The predicted molar refractivity (Wildman–Crippen MR) is 107 cm³/mol. The van der Waals surface area contributed by atoms with Crippen molar-refractivity contribution in [3.05, 3.63) is 42.1 Å². The molecule has 0 spiro atoms. The fourth-order valence-corrected chi connectivity index (χ4v) is 4.69. The first-order valence-corrected chi connectivity index (χ1v) is 10.7. The molecule has 0 amide bonds. The van der Waals surface area contributed by atoms with Crippen LogP contribution in [0.1, 0.15) is 31.2 Å². The van der Waals surface area contributed by atoms with Gasteiger partial charge in [-0.1, -0.05) is 6.07 Å². The Morgan fingerprint density at radius 3 is 2.74 bits per heavy atom. The molecule has 1 aromatic carbocycles. The zero-order chi connectivity index (χ0) is 19.4. The van der Waals surface area contributed by atoms with Gasteiger partial charge in [0.15, 0.2) is 0 Å². The summed E-state index contributed by atoms with van der Waals surface area (Å²) in [5, 5.41) is 0. The Bertz CT molecular complexity index is 876. The molecule has 3 rings (SSSR count). The van der Waals surface area contributed by atoms with Crippen LogP contribution in [0.5, 0.6) is 0 Å². The lowest BCUT2D eigenvalue weighted by atomic mass is 10.0. The van der Waals surface area contributed by atoms with Crippen LogP contribution in [0.25, 0.3) is 11.1 Å². The molecule has 1 atom stereocenters. The summed E-state index contributed by atoms with van der Waals surface area (Å²) in [7, 11) is -1.87. The number of aryl methyl sites for hydroxylation is 1. The summed E-state index contributed by atoms with van der Waals surface area (Å²) >= 11 is 0. The number of sulfonamides is 1. The largest absolute Gasteiger partial charge is 0.384 e. The Balaban J connectivity index is 1.70. The first kappa shape index (κ1) is 19.8. The molecule has 0 saturated carbocycles. The molecule has 1 saturated heterocycles. The highest BCUT2D eigenvalue weighted by atomic mass is 32.2. The van der Waals surface area contributed by atoms with E-state index in [1.54, 1.807) is 31.4 Å². The van der Waals surface area contributed by atoms with Crippen molar-refractivity contribution in [1.29, 1.82) is 0 Å². The third-order valence-corrected chi connectivity index (χ3v) is 6.88. The van der Waals surface area contributed by atoms with E-state index in [2.05, 4.69) is 4.98 Å². The van der Waals surface area contributed by atoms with Crippen LogP contribution >= 0.6 is 0 Å². The third kappa shape index (κ3) is 4.66. The second-order valence-electron chi connectivity index (χ2n) is 7.05. The van der Waals surface area contributed by atoms with Gasteiger partial charge < -0.3 is 10.5 Å². The maximum absolute atomic E-state index is 12.9. The molecule has 1 fully saturated rings. The Morgan fingerprint density at radius 2 is 2.11 bits per heavy atom. The van der Waals surface area contributed by atoms with E-state index < -0.39 is 10.0 Å². The summed E-state index contributed by atoms with van der Waals surface area (Å²) in [6.45, 7) is 3.22. The fourth-order valence-electron chi connectivity index (χ4n) is 3.40. The quantitative estimate of drug-likeness (QED) is 0.786. The van der Waals surface area contributed by atoms with Gasteiger partial charge in [-0.05, 0) is 68.0 Å². The summed E-state index contributed by atoms with van der Waals surface area (Å²) in [5.74, 6) is 0.459. The normalized spacial score (nSPS) is 17.5. The van der Waals surface area contributed by atoms with Gasteiger partial charge in [0, 0.05) is 32.0 Å². The predicted octanol–water partition coefficient (Wildman–Crippen LogP) is 3.22. The molecule has 0 radical (unpaired) electrons. The monoisotopic (exact) mass is 389 g/mol. The smallest absolute Gasteiger partial charge is 0.242 e. The molecule has 1 aliphatic heterocycles. The molecule has 146 valence electrons. The van der Waals surface area contributed by atoms with Crippen LogP contribution in [0.4, 0.5) is 5.82 Å². The Labute approximate surface area is 161 Å². The number of hydrogen-bond acceptors (Lipinski definition) is 5. The standard InChI is InChI=1S/C20H27N3O3S/c1-15-13-18(8-9-19(15)16-7-10-20(21)22-14-16)27(24,25)23(2)11-3-5-17-6-4-12-26-17/h7-10,13-14,17H,3-6,11-12H2,1-2H3,(H2,21,22). The number of nitrogens with zero attached hydrogens (tertiary/aromatic N) is 2. The molecule has 2 N–H and O–H groups in total. The molecule has 2 heterocycles. The Kier molecular flexibility index (Phi) is 6.14. The van der Waals surface area contributed by atoms with Gasteiger partial charge in [0.25, 0.3) is 0 Å². The molecule has 0 bridgehead atoms. The van der Waals surface area contributed by atoms with Crippen molar-refractivity contribution in [3.63, 3.8) is 0 Å². The zero-order valence-corrected chi connectivity index (χ0v) is 16.7. The zero-order valence-electron chi connectivity index (χ0n) is 15.9. The van der Waals surface area contributed by atoms with Crippen molar-refractivity contribution in [2.45, 2.75) is 43.6 Å². The summed E-state index contributed by atoms with van der Waals surface area (Å²) < 4.78 is 32.8. The van der Waals surface area contributed by atoms with E-state index in [-0.39, 0.29) is 6.10 Å². The van der Waals surface area contributed by atoms with Crippen LogP contribution in [0, 0.1) is 6.92 Å². The summed E-state index contributed by atoms with van der Waals surface area (Å²) in [4.78, 5) is 4.42. The first-order valence-electron chi connectivity index (χ1n) is 9.28. The SMILES string of the molecule is Cc1cc(S(=O)(=O)N(C)CCCC2CCCO2)ccc1-c1ccc(N)nc1. The van der Waals surface area contributed by atoms with Crippen molar-refractivity contribution < 1.29 is 13.2 Å². The minimum atomic E-state index is -3.51. The lowest BCUT2D eigenvalue weighted by Crippen LogP contribution is -2.28. The molecule has 27 heavy (non-hydrogen) atoms. The van der Waals surface area contributed by atoms with Crippen LogP contribution in [0.3, 0.4) is 0 Å². The molecular weight excluding hydrogens is 362 g/mol. The minimum Gasteiger partial charge on any atom is -0.384 e. The average molecular weight is 390 g/mol. The van der Waals surface area contributed by atoms with Crippen molar-refractivity contribution in [1.82, 2.24) is 9.29 Å². The number of anilines is 1. The number of rotatable bonds is 7. The highest BCUT2D eigenvalue weighted by molar-refractivity contribution is 7.89. The van der Waals surface area contributed by atoms with Crippen LogP contribution in [-0.4, -0.2) is 44.0 Å². The van der Waals surface area contributed by atoms with Gasteiger partial charge >= 0.3 is 0 Å². The second-order valence-corrected chi connectivity index (χ2v) is 9.10. The summed E-state index contributed by atoms with van der Waals surface area (Å²) in [6.07, 6.45) is 5.88. The number of pyridine rings is 1. The van der Waals surface area contributed by atoms with Crippen molar-refractivity contribution in [2.75, 3.05) is 25.9 Å². The number of nitrogen functional groups attached to an aromatic ring is 1. The molecule has 1 aliphatic rings. The van der Waals surface area contributed by atoms with E-state index in [9.17, 15) is 8.42 Å².